The normalized spacial score (nSPS) is 10.4. The molecule has 0 atom stereocenters. The Morgan fingerprint density at radius 3 is 2.57 bits per heavy atom. The Hall–Kier alpha value is -4.00. The van der Waals surface area contributed by atoms with Gasteiger partial charge < -0.3 is 15.2 Å². The van der Waals surface area contributed by atoms with Crippen LogP contribution < -0.4 is 10.6 Å². The van der Waals surface area contributed by atoms with E-state index < -0.39 is 0 Å². The summed E-state index contributed by atoms with van der Waals surface area (Å²) >= 11 is 0. The molecule has 0 aliphatic heterocycles. The maximum Gasteiger partial charge on any atom is 0.255 e. The molecule has 0 radical (unpaired) electrons. The van der Waals surface area contributed by atoms with Crippen molar-refractivity contribution in [3.63, 3.8) is 0 Å². The summed E-state index contributed by atoms with van der Waals surface area (Å²) in [7, 11) is 0. The zero-order valence-corrected chi connectivity index (χ0v) is 15.0. The van der Waals surface area contributed by atoms with Crippen LogP contribution >= 0.6 is 0 Å². The molecular formula is C21H18N6O. The highest BCUT2D eigenvalue weighted by Crippen LogP contribution is 2.17. The molecule has 0 saturated heterocycles. The highest BCUT2D eigenvalue weighted by molar-refractivity contribution is 6.04. The Morgan fingerprint density at radius 1 is 0.929 bits per heavy atom. The Bertz CT molecular complexity index is 1060. The summed E-state index contributed by atoms with van der Waals surface area (Å²) in [5, 5.41) is 6.03. The van der Waals surface area contributed by atoms with E-state index in [9.17, 15) is 4.79 Å². The fraction of sp³-hybridized carbons (Fsp3) is 0.0476. The number of imidazole rings is 1. The summed E-state index contributed by atoms with van der Waals surface area (Å²) in [6.45, 7) is 0.695. The molecule has 2 N–H and O–H groups in total. The molecule has 2 aromatic carbocycles. The minimum Gasteiger partial charge on any atom is -0.333 e. The third-order valence-electron chi connectivity index (χ3n) is 4.06. The van der Waals surface area contributed by atoms with Gasteiger partial charge in [0.05, 0.1) is 6.33 Å². The Labute approximate surface area is 162 Å². The number of nitrogens with one attached hydrogen (secondary N) is 2. The highest BCUT2D eigenvalue weighted by atomic mass is 16.1. The van der Waals surface area contributed by atoms with Crippen molar-refractivity contribution < 1.29 is 4.79 Å². The lowest BCUT2D eigenvalue weighted by Gasteiger charge is -2.10. The third kappa shape index (κ3) is 4.39. The average molecular weight is 370 g/mol. The fourth-order valence-corrected chi connectivity index (χ4v) is 2.77. The fourth-order valence-electron chi connectivity index (χ4n) is 2.77. The summed E-state index contributed by atoms with van der Waals surface area (Å²) in [6, 6.07) is 16.7. The molecule has 0 unspecified atom stereocenters. The first-order valence-electron chi connectivity index (χ1n) is 8.76. The molecule has 7 nitrogen and oxygen atoms in total. The molecule has 0 aliphatic carbocycles. The van der Waals surface area contributed by atoms with Crippen molar-refractivity contribution in [1.29, 1.82) is 0 Å². The van der Waals surface area contributed by atoms with Gasteiger partial charge in [-0.05, 0) is 42.0 Å². The molecule has 2 aromatic heterocycles. The van der Waals surface area contributed by atoms with Gasteiger partial charge in [0.15, 0.2) is 0 Å². The summed E-state index contributed by atoms with van der Waals surface area (Å²) in [6.07, 6.45) is 8.72. The molecule has 0 saturated carbocycles. The molecule has 0 aliphatic rings. The minimum absolute atomic E-state index is 0.183. The molecule has 4 aromatic rings. The maximum absolute atomic E-state index is 12.7. The topological polar surface area (TPSA) is 84.7 Å². The van der Waals surface area contributed by atoms with Crippen LogP contribution in [0.2, 0.25) is 0 Å². The van der Waals surface area contributed by atoms with E-state index in [1.54, 1.807) is 43.1 Å². The summed E-state index contributed by atoms with van der Waals surface area (Å²) < 4.78 is 1.97. The van der Waals surface area contributed by atoms with Crippen molar-refractivity contribution in [2.75, 3.05) is 10.6 Å². The zero-order chi connectivity index (χ0) is 19.2. The van der Waals surface area contributed by atoms with Crippen LogP contribution in [-0.4, -0.2) is 25.4 Å². The van der Waals surface area contributed by atoms with Gasteiger partial charge in [-0.25, -0.2) is 15.0 Å². The van der Waals surface area contributed by atoms with Crippen molar-refractivity contribution in [2.24, 2.45) is 0 Å². The number of hydrogen-bond donors (Lipinski definition) is 2. The van der Waals surface area contributed by atoms with Crippen LogP contribution in [0.1, 0.15) is 15.9 Å². The van der Waals surface area contributed by atoms with E-state index in [1.807, 2.05) is 47.2 Å². The number of aromatic nitrogens is 4. The second-order valence-electron chi connectivity index (χ2n) is 6.17. The van der Waals surface area contributed by atoms with Gasteiger partial charge in [-0.1, -0.05) is 18.2 Å². The first-order chi connectivity index (χ1) is 13.8. The zero-order valence-electron chi connectivity index (χ0n) is 15.0. The van der Waals surface area contributed by atoms with Gasteiger partial charge >= 0.3 is 0 Å². The number of carbonyl (C=O) groups is 1. The maximum atomic E-state index is 12.7. The lowest BCUT2D eigenvalue weighted by molar-refractivity contribution is 0.102. The number of carbonyl (C=O) groups excluding carboxylic acids is 1. The van der Waals surface area contributed by atoms with Gasteiger partial charge in [-0.2, -0.15) is 0 Å². The predicted molar refractivity (Wildman–Crippen MR) is 107 cm³/mol. The molecule has 0 fully saturated rings. The van der Waals surface area contributed by atoms with Crippen molar-refractivity contribution in [1.82, 2.24) is 19.5 Å². The Balaban J connectivity index is 1.46. The highest BCUT2D eigenvalue weighted by Gasteiger charge is 2.08. The van der Waals surface area contributed by atoms with Gasteiger partial charge in [-0.3, -0.25) is 4.79 Å². The molecule has 1 amide bonds. The van der Waals surface area contributed by atoms with Crippen molar-refractivity contribution in [3.8, 4) is 0 Å². The SMILES string of the molecule is O=C(Nc1cccc(Cn2ccnc2)c1)c1cccc(Nc2ncccn2)c1. The monoisotopic (exact) mass is 370 g/mol. The number of nitrogens with zero attached hydrogens (tertiary/aromatic N) is 4. The lowest BCUT2D eigenvalue weighted by atomic mass is 10.1. The largest absolute Gasteiger partial charge is 0.333 e. The van der Waals surface area contributed by atoms with Gasteiger partial charge in [0, 0.05) is 48.3 Å². The van der Waals surface area contributed by atoms with Crippen LogP contribution in [0.15, 0.2) is 85.7 Å². The van der Waals surface area contributed by atoms with E-state index >= 15 is 0 Å². The Morgan fingerprint density at radius 2 is 1.75 bits per heavy atom. The minimum atomic E-state index is -0.183. The summed E-state index contributed by atoms with van der Waals surface area (Å²) in [5.41, 5.74) is 3.11. The second kappa shape index (κ2) is 8.13. The smallest absolute Gasteiger partial charge is 0.255 e. The number of benzene rings is 2. The van der Waals surface area contributed by atoms with Crippen LogP contribution in [0.5, 0.6) is 0 Å². The quantitative estimate of drug-likeness (QED) is 0.540. The van der Waals surface area contributed by atoms with Crippen LogP contribution in [0.4, 0.5) is 17.3 Å². The Kier molecular flexibility index (Phi) is 5.06. The second-order valence-corrected chi connectivity index (χ2v) is 6.17. The number of hydrogen-bond acceptors (Lipinski definition) is 5. The number of anilines is 3. The van der Waals surface area contributed by atoms with E-state index in [0.717, 1.165) is 16.9 Å². The van der Waals surface area contributed by atoms with Crippen molar-refractivity contribution >= 4 is 23.2 Å². The van der Waals surface area contributed by atoms with Crippen LogP contribution in [0.25, 0.3) is 0 Å². The predicted octanol–water partition coefficient (Wildman–Crippen LogP) is 3.72. The lowest BCUT2D eigenvalue weighted by Crippen LogP contribution is -2.12. The van der Waals surface area contributed by atoms with Crippen molar-refractivity contribution in [2.45, 2.75) is 6.54 Å². The van der Waals surface area contributed by atoms with Crippen molar-refractivity contribution in [3.05, 3.63) is 96.8 Å². The van der Waals surface area contributed by atoms with Gasteiger partial charge in [0.2, 0.25) is 5.95 Å². The van der Waals surface area contributed by atoms with Gasteiger partial charge in [-0.15, -0.1) is 0 Å². The molecular weight excluding hydrogens is 352 g/mol. The standard InChI is InChI=1S/C21H18N6O/c28-20(17-5-2-7-19(13-17)26-21-23-8-3-9-24-21)25-18-6-1-4-16(12-18)14-27-11-10-22-15-27/h1-13,15H,14H2,(H,25,28)(H,23,24,26). The van der Waals surface area contributed by atoms with E-state index in [2.05, 4.69) is 25.6 Å². The van der Waals surface area contributed by atoms with E-state index in [0.29, 0.717) is 18.1 Å². The van der Waals surface area contributed by atoms with E-state index in [-0.39, 0.29) is 5.91 Å². The summed E-state index contributed by atoms with van der Waals surface area (Å²) in [5.74, 6) is 0.296. The molecule has 28 heavy (non-hydrogen) atoms. The first-order valence-corrected chi connectivity index (χ1v) is 8.76. The molecule has 138 valence electrons. The molecule has 0 bridgehead atoms. The van der Waals surface area contributed by atoms with Gasteiger partial charge in [0.1, 0.15) is 0 Å². The molecule has 7 heteroatoms. The first kappa shape index (κ1) is 17.4. The van der Waals surface area contributed by atoms with Gasteiger partial charge in [0.25, 0.3) is 5.91 Å². The van der Waals surface area contributed by atoms with Crippen LogP contribution in [-0.2, 0) is 6.54 Å². The van der Waals surface area contributed by atoms with Crippen LogP contribution in [0.3, 0.4) is 0 Å². The number of amides is 1. The average Bonchev–Trinajstić information content (AvgIpc) is 3.22. The van der Waals surface area contributed by atoms with Crippen LogP contribution in [0, 0.1) is 0 Å². The van der Waals surface area contributed by atoms with E-state index in [1.165, 1.54) is 0 Å². The molecule has 0 spiro atoms. The molecule has 2 heterocycles. The molecule has 4 rings (SSSR count). The third-order valence-corrected chi connectivity index (χ3v) is 4.06. The van der Waals surface area contributed by atoms with E-state index in [4.69, 9.17) is 0 Å². The summed E-state index contributed by atoms with van der Waals surface area (Å²) in [4.78, 5) is 25.0. The number of rotatable bonds is 6.